The molecule has 0 radical (unpaired) electrons. The second-order valence-electron chi connectivity index (χ2n) is 8.59. The van der Waals surface area contributed by atoms with E-state index < -0.39 is 10.0 Å². The van der Waals surface area contributed by atoms with E-state index in [-0.39, 0.29) is 16.9 Å². The number of carbonyl (C=O) groups excluding carboxylic acids is 1. The predicted octanol–water partition coefficient (Wildman–Crippen LogP) is 3.35. The van der Waals surface area contributed by atoms with Crippen LogP contribution in [0, 0.1) is 0 Å². The third-order valence-electron chi connectivity index (χ3n) is 6.01. The summed E-state index contributed by atoms with van der Waals surface area (Å²) in [7, 11) is -0.701. The van der Waals surface area contributed by atoms with Crippen LogP contribution in [0.5, 0.6) is 5.75 Å². The molecule has 0 saturated carbocycles. The van der Waals surface area contributed by atoms with E-state index in [0.29, 0.717) is 23.6 Å². The number of anilines is 2. The van der Waals surface area contributed by atoms with Crippen LogP contribution in [0.25, 0.3) is 0 Å². The first-order valence-electron chi connectivity index (χ1n) is 11.3. The average Bonchev–Trinajstić information content (AvgIpc) is 3.52. The first-order valence-corrected chi connectivity index (χ1v) is 12.8. The molecule has 0 bridgehead atoms. The van der Waals surface area contributed by atoms with Gasteiger partial charge in [0.1, 0.15) is 12.4 Å². The minimum atomic E-state index is -3.66. The number of hydrogen-bond donors (Lipinski definition) is 1. The Hall–Kier alpha value is -2.62. The van der Waals surface area contributed by atoms with Gasteiger partial charge < -0.3 is 19.7 Å². The van der Waals surface area contributed by atoms with Gasteiger partial charge in [-0.25, -0.2) is 12.7 Å². The van der Waals surface area contributed by atoms with Gasteiger partial charge in [-0.05, 0) is 68.1 Å². The van der Waals surface area contributed by atoms with Crippen LogP contribution in [-0.2, 0) is 14.8 Å². The molecule has 8 nitrogen and oxygen atoms in total. The lowest BCUT2D eigenvalue weighted by Gasteiger charge is -2.22. The fraction of sp³-hybridized carbons (Fsp3) is 0.458. The van der Waals surface area contributed by atoms with Crippen molar-refractivity contribution in [1.29, 1.82) is 0 Å². The van der Waals surface area contributed by atoms with Crippen LogP contribution >= 0.6 is 0 Å². The van der Waals surface area contributed by atoms with Gasteiger partial charge in [-0.3, -0.25) is 4.79 Å². The van der Waals surface area contributed by atoms with E-state index in [0.717, 1.165) is 55.4 Å². The van der Waals surface area contributed by atoms with Gasteiger partial charge >= 0.3 is 0 Å². The van der Waals surface area contributed by atoms with Crippen molar-refractivity contribution in [1.82, 2.24) is 4.31 Å². The van der Waals surface area contributed by atoms with Crippen molar-refractivity contribution in [2.24, 2.45) is 0 Å². The van der Waals surface area contributed by atoms with Crippen LogP contribution in [0.3, 0.4) is 0 Å². The highest BCUT2D eigenvalue weighted by Gasteiger charge is 2.25. The van der Waals surface area contributed by atoms with Gasteiger partial charge in [0.2, 0.25) is 10.0 Å². The van der Waals surface area contributed by atoms with E-state index in [1.165, 1.54) is 20.2 Å². The molecule has 1 atom stereocenters. The van der Waals surface area contributed by atoms with Gasteiger partial charge in [0, 0.05) is 45.2 Å². The second-order valence-corrected chi connectivity index (χ2v) is 10.7. The molecule has 9 heteroatoms. The molecule has 2 heterocycles. The van der Waals surface area contributed by atoms with Gasteiger partial charge in [-0.15, -0.1) is 0 Å². The second kappa shape index (κ2) is 10.1. The zero-order valence-corrected chi connectivity index (χ0v) is 19.9. The highest BCUT2D eigenvalue weighted by atomic mass is 32.2. The number of benzene rings is 2. The molecule has 0 spiro atoms. The van der Waals surface area contributed by atoms with Crippen molar-refractivity contribution in [3.63, 3.8) is 0 Å². The Bertz CT molecular complexity index is 1070. The Kier molecular flexibility index (Phi) is 7.21. The molecule has 2 aromatic rings. The number of nitrogens with zero attached hydrogens (tertiary/aromatic N) is 2. The number of carbonyl (C=O) groups is 1. The SMILES string of the molecule is CN(C)S(=O)(=O)c1ccc(N2CCCC2)c(C(=O)Nc2ccc(OCC3CCCO3)cc2)c1. The molecular formula is C24H31N3O5S. The Morgan fingerprint density at radius 2 is 1.85 bits per heavy atom. The van der Waals surface area contributed by atoms with E-state index >= 15 is 0 Å². The summed E-state index contributed by atoms with van der Waals surface area (Å²) in [6.45, 7) is 2.99. The summed E-state index contributed by atoms with van der Waals surface area (Å²) in [5.41, 5.74) is 1.70. The molecule has 4 rings (SSSR count). The number of sulfonamides is 1. The lowest BCUT2D eigenvalue weighted by Crippen LogP contribution is -2.25. The fourth-order valence-electron chi connectivity index (χ4n) is 4.10. The van der Waals surface area contributed by atoms with Crippen LogP contribution in [0.15, 0.2) is 47.4 Å². The number of amides is 1. The van der Waals surface area contributed by atoms with Gasteiger partial charge in [0.05, 0.1) is 16.6 Å². The summed E-state index contributed by atoms with van der Waals surface area (Å²) in [5.74, 6) is 0.362. The van der Waals surface area contributed by atoms with Crippen LogP contribution in [0.2, 0.25) is 0 Å². The summed E-state index contributed by atoms with van der Waals surface area (Å²) in [6.07, 6.45) is 4.31. The molecule has 33 heavy (non-hydrogen) atoms. The molecule has 178 valence electrons. The first kappa shape index (κ1) is 23.5. The Labute approximate surface area is 195 Å². The molecule has 0 aromatic heterocycles. The number of rotatable bonds is 8. The minimum Gasteiger partial charge on any atom is -0.491 e. The monoisotopic (exact) mass is 473 g/mol. The summed E-state index contributed by atoms with van der Waals surface area (Å²) in [5, 5.41) is 2.90. The smallest absolute Gasteiger partial charge is 0.257 e. The molecule has 1 N–H and O–H groups in total. The summed E-state index contributed by atoms with van der Waals surface area (Å²) in [4.78, 5) is 15.5. The Balaban J connectivity index is 1.52. The summed E-state index contributed by atoms with van der Waals surface area (Å²) >= 11 is 0. The van der Waals surface area contributed by atoms with Crippen LogP contribution in [0.1, 0.15) is 36.0 Å². The van der Waals surface area contributed by atoms with E-state index in [2.05, 4.69) is 10.2 Å². The normalized spacial score (nSPS) is 18.6. The van der Waals surface area contributed by atoms with Gasteiger partial charge in [0.15, 0.2) is 0 Å². The van der Waals surface area contributed by atoms with Crippen molar-refractivity contribution in [2.75, 3.05) is 50.6 Å². The number of ether oxygens (including phenoxy) is 2. The summed E-state index contributed by atoms with van der Waals surface area (Å²) in [6, 6.07) is 11.9. The molecule has 0 aliphatic carbocycles. The third kappa shape index (κ3) is 5.48. The highest BCUT2D eigenvalue weighted by Crippen LogP contribution is 2.29. The van der Waals surface area contributed by atoms with Crippen molar-refractivity contribution >= 4 is 27.3 Å². The van der Waals surface area contributed by atoms with E-state index in [4.69, 9.17) is 9.47 Å². The van der Waals surface area contributed by atoms with Crippen molar-refractivity contribution in [3.05, 3.63) is 48.0 Å². The van der Waals surface area contributed by atoms with E-state index in [1.807, 2.05) is 0 Å². The quantitative estimate of drug-likeness (QED) is 0.633. The van der Waals surface area contributed by atoms with Crippen molar-refractivity contribution < 1.29 is 22.7 Å². The van der Waals surface area contributed by atoms with E-state index in [9.17, 15) is 13.2 Å². The Morgan fingerprint density at radius 1 is 1.12 bits per heavy atom. The molecule has 2 fully saturated rings. The molecule has 1 unspecified atom stereocenters. The minimum absolute atomic E-state index is 0.0958. The maximum Gasteiger partial charge on any atom is 0.257 e. The topological polar surface area (TPSA) is 88.2 Å². The molecule has 2 aliphatic heterocycles. The molecule has 2 aromatic carbocycles. The largest absolute Gasteiger partial charge is 0.491 e. The number of nitrogens with one attached hydrogen (secondary N) is 1. The third-order valence-corrected chi connectivity index (χ3v) is 7.82. The van der Waals surface area contributed by atoms with Crippen LogP contribution in [0.4, 0.5) is 11.4 Å². The lowest BCUT2D eigenvalue weighted by molar-refractivity contribution is 0.0679. The lowest BCUT2D eigenvalue weighted by atomic mass is 10.1. The Morgan fingerprint density at radius 3 is 2.48 bits per heavy atom. The highest BCUT2D eigenvalue weighted by molar-refractivity contribution is 7.89. The van der Waals surface area contributed by atoms with Gasteiger partial charge in [0.25, 0.3) is 5.91 Å². The fourth-order valence-corrected chi connectivity index (χ4v) is 5.03. The maximum absolute atomic E-state index is 13.2. The van der Waals surface area contributed by atoms with E-state index in [1.54, 1.807) is 36.4 Å². The standard InChI is InChI=1S/C24H31N3O5S/c1-26(2)33(29,30)21-11-12-23(27-13-3-4-14-27)22(16-21)24(28)25-18-7-9-19(10-8-18)32-17-20-6-5-15-31-20/h7-12,16,20H,3-6,13-15,17H2,1-2H3,(H,25,28). The van der Waals surface area contributed by atoms with Gasteiger partial charge in [-0.2, -0.15) is 0 Å². The zero-order valence-electron chi connectivity index (χ0n) is 19.1. The van der Waals surface area contributed by atoms with Crippen molar-refractivity contribution in [2.45, 2.75) is 36.7 Å². The molecule has 2 aliphatic rings. The van der Waals surface area contributed by atoms with Crippen molar-refractivity contribution in [3.8, 4) is 5.75 Å². The maximum atomic E-state index is 13.2. The average molecular weight is 474 g/mol. The zero-order chi connectivity index (χ0) is 23.4. The van der Waals surface area contributed by atoms with Crippen LogP contribution in [-0.4, -0.2) is 65.1 Å². The first-order chi connectivity index (χ1) is 15.8. The predicted molar refractivity (Wildman–Crippen MR) is 128 cm³/mol. The molecule has 1 amide bonds. The molecular weight excluding hydrogens is 442 g/mol. The molecule has 2 saturated heterocycles. The van der Waals surface area contributed by atoms with Crippen LogP contribution < -0.4 is 15.0 Å². The number of hydrogen-bond acceptors (Lipinski definition) is 6. The summed E-state index contributed by atoms with van der Waals surface area (Å²) < 4.78 is 37.8. The van der Waals surface area contributed by atoms with Gasteiger partial charge in [-0.1, -0.05) is 0 Å².